The molecule has 0 bridgehead atoms. The highest BCUT2D eigenvalue weighted by atomic mass is 16.7. The Morgan fingerprint density at radius 3 is 2.48 bits per heavy atom. The van der Waals surface area contributed by atoms with Crippen LogP contribution in [0.2, 0.25) is 0 Å². The number of piperidine rings is 1. The van der Waals surface area contributed by atoms with E-state index in [-0.39, 0.29) is 18.5 Å². The van der Waals surface area contributed by atoms with Crippen molar-refractivity contribution in [1.82, 2.24) is 10.3 Å². The molecule has 0 aromatic carbocycles. The number of nitrogens with zero attached hydrogens (tertiary/aromatic N) is 3. The molecule has 1 aliphatic rings. The minimum Gasteiger partial charge on any atom is -0.459 e. The molecule has 1 rings (SSSR count). The first-order chi connectivity index (χ1) is 12.8. The number of hydrogen-bond acceptors (Lipinski definition) is 7. The minimum atomic E-state index is -1.10. The smallest absolute Gasteiger partial charge is 0.396 e. The number of unbranched alkanes of at least 4 members (excludes halogenated alkanes) is 1. The lowest BCUT2D eigenvalue weighted by atomic mass is 9.93. The quantitative estimate of drug-likeness (QED) is 0.0848. The Morgan fingerprint density at radius 2 is 1.89 bits per heavy atom. The van der Waals surface area contributed by atoms with Gasteiger partial charge in [-0.05, 0) is 38.0 Å². The fraction of sp³-hybridized carbons (Fsp3) is 0.733. The Kier molecular flexibility index (Phi) is 9.54. The first-order valence-electron chi connectivity index (χ1n) is 8.75. The number of carbonyl (C=O) groups excluding carboxylic acids is 3. The molecule has 0 saturated carbocycles. The van der Waals surface area contributed by atoms with Gasteiger partial charge in [-0.3, -0.25) is 9.59 Å². The summed E-state index contributed by atoms with van der Waals surface area (Å²) < 4.78 is 4.74. The molecule has 0 atom stereocenters. The van der Waals surface area contributed by atoms with E-state index in [1.165, 1.54) is 0 Å². The fourth-order valence-electron chi connectivity index (χ4n) is 2.73. The SMILES string of the molecule is NC(=O)C(=O)OCCC1CCN(C(=O)CCCCN=C(N)N[N+](=O)[O-])CC1. The average molecular weight is 386 g/mol. The third-order valence-corrected chi connectivity index (χ3v) is 4.21. The van der Waals surface area contributed by atoms with Crippen LogP contribution in [0.4, 0.5) is 0 Å². The number of ether oxygens (including phenoxy) is 1. The molecule has 27 heavy (non-hydrogen) atoms. The van der Waals surface area contributed by atoms with Crippen molar-refractivity contribution in [3.8, 4) is 0 Å². The molecule has 1 fully saturated rings. The first kappa shape index (κ1) is 22.1. The molecule has 152 valence electrons. The number of carbonyl (C=O) groups is 3. The molecule has 2 amide bonds. The van der Waals surface area contributed by atoms with Crippen molar-refractivity contribution in [2.75, 3.05) is 26.2 Å². The van der Waals surface area contributed by atoms with Crippen LogP contribution in [0.15, 0.2) is 4.99 Å². The van der Waals surface area contributed by atoms with Gasteiger partial charge in [-0.25, -0.2) is 19.9 Å². The third kappa shape index (κ3) is 9.37. The molecular formula is C15H26N6O6. The Labute approximate surface area is 156 Å². The summed E-state index contributed by atoms with van der Waals surface area (Å²) in [5.41, 5.74) is 11.8. The molecule has 12 nitrogen and oxygen atoms in total. The highest BCUT2D eigenvalue weighted by Gasteiger charge is 2.22. The van der Waals surface area contributed by atoms with Crippen LogP contribution in [-0.4, -0.2) is 59.9 Å². The number of aliphatic imine (C=N–C) groups is 1. The lowest BCUT2D eigenvalue weighted by Crippen LogP contribution is -2.38. The van der Waals surface area contributed by atoms with Crippen LogP contribution < -0.4 is 16.9 Å². The van der Waals surface area contributed by atoms with Crippen LogP contribution in [0.3, 0.4) is 0 Å². The Bertz CT molecular complexity index is 573. The number of amides is 2. The zero-order valence-electron chi connectivity index (χ0n) is 15.1. The number of likely N-dealkylation sites (tertiary alicyclic amines) is 1. The van der Waals surface area contributed by atoms with E-state index in [1.807, 2.05) is 0 Å². The first-order valence-corrected chi connectivity index (χ1v) is 8.75. The van der Waals surface area contributed by atoms with Gasteiger partial charge in [0.2, 0.25) is 5.91 Å². The molecule has 0 unspecified atom stereocenters. The zero-order valence-corrected chi connectivity index (χ0v) is 15.1. The van der Waals surface area contributed by atoms with E-state index in [9.17, 15) is 24.5 Å². The maximum atomic E-state index is 12.2. The van der Waals surface area contributed by atoms with E-state index >= 15 is 0 Å². The van der Waals surface area contributed by atoms with Crippen LogP contribution >= 0.6 is 0 Å². The Hall–Kier alpha value is -2.92. The Morgan fingerprint density at radius 1 is 1.22 bits per heavy atom. The van der Waals surface area contributed by atoms with Crippen LogP contribution in [0.5, 0.6) is 0 Å². The molecule has 0 aromatic rings. The molecule has 0 aromatic heterocycles. The zero-order chi connectivity index (χ0) is 20.2. The summed E-state index contributed by atoms with van der Waals surface area (Å²) in [6, 6.07) is 0. The molecule has 0 radical (unpaired) electrons. The van der Waals surface area contributed by atoms with Crippen molar-refractivity contribution in [2.45, 2.75) is 38.5 Å². The standard InChI is InChI=1S/C15H26N6O6/c16-13(23)14(24)27-10-6-11-4-8-20(9-5-11)12(22)3-1-2-7-18-15(17)19-21(25)26/h11H,1-10H2,(H2,16,23)(H3,17,18,19). The summed E-state index contributed by atoms with van der Waals surface area (Å²) in [6.45, 7) is 1.75. The van der Waals surface area contributed by atoms with Crippen LogP contribution in [0.1, 0.15) is 38.5 Å². The summed E-state index contributed by atoms with van der Waals surface area (Å²) in [4.78, 5) is 49.4. The predicted molar refractivity (Wildman–Crippen MR) is 94.5 cm³/mol. The van der Waals surface area contributed by atoms with E-state index in [0.717, 1.165) is 12.8 Å². The molecule has 1 aliphatic heterocycles. The topological polar surface area (TPSA) is 183 Å². The van der Waals surface area contributed by atoms with Gasteiger partial charge in [0.25, 0.3) is 5.96 Å². The fourth-order valence-corrected chi connectivity index (χ4v) is 2.73. The van der Waals surface area contributed by atoms with Crippen molar-refractivity contribution in [3.05, 3.63) is 10.1 Å². The third-order valence-electron chi connectivity index (χ3n) is 4.21. The lowest BCUT2D eigenvalue weighted by Gasteiger charge is -2.32. The normalized spacial score (nSPS) is 15.3. The summed E-state index contributed by atoms with van der Waals surface area (Å²) in [5, 5.41) is 9.36. The highest BCUT2D eigenvalue weighted by molar-refractivity contribution is 6.31. The summed E-state index contributed by atoms with van der Waals surface area (Å²) >= 11 is 0. The number of rotatable bonds is 9. The number of esters is 1. The maximum Gasteiger partial charge on any atom is 0.396 e. The van der Waals surface area contributed by atoms with Crippen molar-refractivity contribution < 1.29 is 24.2 Å². The Balaban J connectivity index is 2.14. The summed E-state index contributed by atoms with van der Waals surface area (Å²) in [5.74, 6) is -1.98. The molecule has 12 heteroatoms. The van der Waals surface area contributed by atoms with E-state index < -0.39 is 16.9 Å². The van der Waals surface area contributed by atoms with Gasteiger partial charge in [0.1, 0.15) is 0 Å². The van der Waals surface area contributed by atoms with Crippen LogP contribution in [-0.2, 0) is 19.1 Å². The van der Waals surface area contributed by atoms with Crippen LogP contribution in [0.25, 0.3) is 0 Å². The predicted octanol–water partition coefficient (Wildman–Crippen LogP) is -1.09. The second-order valence-electron chi connectivity index (χ2n) is 6.21. The van der Waals surface area contributed by atoms with Gasteiger partial charge in [0.15, 0.2) is 5.03 Å². The van der Waals surface area contributed by atoms with E-state index in [2.05, 4.69) is 4.99 Å². The average Bonchev–Trinajstić information content (AvgIpc) is 2.61. The van der Waals surface area contributed by atoms with Crippen molar-refractivity contribution in [3.63, 3.8) is 0 Å². The highest BCUT2D eigenvalue weighted by Crippen LogP contribution is 2.21. The van der Waals surface area contributed by atoms with Crippen molar-refractivity contribution in [2.24, 2.45) is 22.4 Å². The van der Waals surface area contributed by atoms with Gasteiger partial charge in [-0.2, -0.15) is 0 Å². The number of nitrogens with one attached hydrogen (secondary N) is 1. The van der Waals surface area contributed by atoms with Crippen LogP contribution in [0, 0.1) is 16.0 Å². The van der Waals surface area contributed by atoms with E-state index in [1.54, 1.807) is 10.3 Å². The molecule has 0 aliphatic carbocycles. The number of hydrogen-bond donors (Lipinski definition) is 3. The van der Waals surface area contributed by atoms with E-state index in [4.69, 9.17) is 16.2 Å². The number of guanidine groups is 1. The monoisotopic (exact) mass is 386 g/mol. The molecule has 0 spiro atoms. The molecule has 5 N–H and O–H groups in total. The summed E-state index contributed by atoms with van der Waals surface area (Å²) in [7, 11) is 0. The largest absolute Gasteiger partial charge is 0.459 e. The number of hydrazine groups is 1. The summed E-state index contributed by atoms with van der Waals surface area (Å²) in [6.07, 6.45) is 3.88. The van der Waals surface area contributed by atoms with Gasteiger partial charge in [0.05, 0.1) is 6.61 Å². The van der Waals surface area contributed by atoms with Gasteiger partial charge >= 0.3 is 11.9 Å². The molecule has 1 heterocycles. The van der Waals surface area contributed by atoms with E-state index in [0.29, 0.717) is 51.2 Å². The van der Waals surface area contributed by atoms with Gasteiger partial charge < -0.3 is 21.1 Å². The van der Waals surface area contributed by atoms with Gasteiger partial charge in [0, 0.05) is 26.1 Å². The van der Waals surface area contributed by atoms with Crippen molar-refractivity contribution >= 4 is 23.7 Å². The number of nitrogens with two attached hydrogens (primary N) is 2. The van der Waals surface area contributed by atoms with Gasteiger partial charge in [-0.15, -0.1) is 0 Å². The lowest BCUT2D eigenvalue weighted by molar-refractivity contribution is -0.525. The second kappa shape index (κ2) is 11.6. The number of primary amides is 1. The van der Waals surface area contributed by atoms with Gasteiger partial charge in [-0.1, -0.05) is 5.43 Å². The minimum absolute atomic E-state index is 0.0639. The number of nitro groups is 1. The van der Waals surface area contributed by atoms with Crippen molar-refractivity contribution in [1.29, 1.82) is 0 Å². The second-order valence-corrected chi connectivity index (χ2v) is 6.21. The maximum absolute atomic E-state index is 12.2. The molecule has 1 saturated heterocycles. The molecular weight excluding hydrogens is 360 g/mol.